The number of methoxy groups -OCH3 is 1. The summed E-state index contributed by atoms with van der Waals surface area (Å²) in [7, 11) is 1.62. The number of benzene rings is 1. The van der Waals surface area contributed by atoms with E-state index in [0.29, 0.717) is 37.4 Å². The number of anilines is 1. The van der Waals surface area contributed by atoms with Crippen molar-refractivity contribution < 1.29 is 14.6 Å². The second-order valence-electron chi connectivity index (χ2n) is 8.85. The van der Waals surface area contributed by atoms with Crippen molar-refractivity contribution in [2.24, 2.45) is 5.92 Å². The molecule has 0 aliphatic carbocycles. The number of piperazine rings is 1. The minimum atomic E-state index is -0.0890. The molecule has 0 radical (unpaired) electrons. The van der Waals surface area contributed by atoms with E-state index in [0.717, 1.165) is 23.6 Å². The maximum absolute atomic E-state index is 13.1. The van der Waals surface area contributed by atoms with Crippen LogP contribution in [-0.4, -0.2) is 59.8 Å². The van der Waals surface area contributed by atoms with Crippen molar-refractivity contribution in [1.29, 1.82) is 5.26 Å². The van der Waals surface area contributed by atoms with Crippen molar-refractivity contribution >= 4 is 11.7 Å². The van der Waals surface area contributed by atoms with Crippen LogP contribution in [-0.2, 0) is 4.79 Å². The number of hydrogen-bond donors (Lipinski definition) is 1. The van der Waals surface area contributed by atoms with Gasteiger partial charge in [0.2, 0.25) is 5.91 Å². The summed E-state index contributed by atoms with van der Waals surface area (Å²) in [5.74, 6) is 2.16. The SMILES string of the molecule is COc1cccc([C@H](CO)CCC(=O)N2CC3C[C@H](C)C(C2)N3c2ccc(C#N)cn2)c1. The molecule has 4 atom stereocenters. The van der Waals surface area contributed by atoms with Gasteiger partial charge in [0.1, 0.15) is 17.6 Å². The molecular formula is C25H30N4O3. The lowest BCUT2D eigenvalue weighted by atomic mass is 9.94. The number of rotatable bonds is 7. The summed E-state index contributed by atoms with van der Waals surface area (Å²) in [5, 5.41) is 18.9. The minimum absolute atomic E-state index is 0.000864. The number of hydrogen-bond acceptors (Lipinski definition) is 6. The molecule has 2 aromatic rings. The van der Waals surface area contributed by atoms with E-state index in [1.807, 2.05) is 35.2 Å². The third-order valence-electron chi connectivity index (χ3n) is 6.88. The lowest BCUT2D eigenvalue weighted by Crippen LogP contribution is -2.56. The Bertz CT molecular complexity index is 987. The van der Waals surface area contributed by atoms with Crippen molar-refractivity contribution in [3.8, 4) is 11.8 Å². The maximum atomic E-state index is 13.1. The number of carbonyl (C=O) groups is 1. The van der Waals surface area contributed by atoms with E-state index in [9.17, 15) is 9.90 Å². The van der Waals surface area contributed by atoms with Gasteiger partial charge < -0.3 is 19.6 Å². The Morgan fingerprint density at radius 3 is 2.84 bits per heavy atom. The molecule has 7 heteroatoms. The van der Waals surface area contributed by atoms with Gasteiger partial charge in [-0.3, -0.25) is 4.79 Å². The van der Waals surface area contributed by atoms with Crippen LogP contribution >= 0.6 is 0 Å². The number of likely N-dealkylation sites (tertiary alicyclic amines) is 1. The monoisotopic (exact) mass is 434 g/mol. The summed E-state index contributed by atoms with van der Waals surface area (Å²) in [4.78, 5) is 21.9. The van der Waals surface area contributed by atoms with E-state index >= 15 is 0 Å². The molecule has 2 aliphatic rings. The molecule has 168 valence electrons. The van der Waals surface area contributed by atoms with E-state index in [1.54, 1.807) is 19.4 Å². The zero-order chi connectivity index (χ0) is 22.7. The van der Waals surface area contributed by atoms with Crippen LogP contribution in [0.5, 0.6) is 5.75 Å². The van der Waals surface area contributed by atoms with Crippen molar-refractivity contribution in [1.82, 2.24) is 9.88 Å². The molecule has 3 heterocycles. The number of aromatic nitrogens is 1. The molecule has 1 amide bonds. The third kappa shape index (κ3) is 4.42. The largest absolute Gasteiger partial charge is 0.497 e. The normalized spacial score (nSPS) is 23.0. The highest BCUT2D eigenvalue weighted by Crippen LogP contribution is 2.38. The van der Waals surface area contributed by atoms with Gasteiger partial charge in [-0.2, -0.15) is 5.26 Å². The zero-order valence-electron chi connectivity index (χ0n) is 18.6. The number of carbonyl (C=O) groups excluding carboxylic acids is 1. The van der Waals surface area contributed by atoms with Gasteiger partial charge in [0, 0.05) is 44.3 Å². The highest BCUT2D eigenvalue weighted by Gasteiger charge is 2.45. The predicted molar refractivity (Wildman–Crippen MR) is 121 cm³/mol. The van der Waals surface area contributed by atoms with Crippen LogP contribution < -0.4 is 9.64 Å². The molecule has 32 heavy (non-hydrogen) atoms. The van der Waals surface area contributed by atoms with Gasteiger partial charge in [0.05, 0.1) is 18.7 Å². The Kier molecular flexibility index (Phi) is 6.61. The molecule has 7 nitrogen and oxygen atoms in total. The van der Waals surface area contributed by atoms with Gasteiger partial charge in [0.25, 0.3) is 0 Å². The number of nitrogens with zero attached hydrogens (tertiary/aromatic N) is 4. The molecule has 2 aliphatic heterocycles. The highest BCUT2D eigenvalue weighted by molar-refractivity contribution is 5.77. The van der Waals surface area contributed by atoms with Crippen molar-refractivity contribution in [2.45, 2.75) is 44.2 Å². The smallest absolute Gasteiger partial charge is 0.222 e. The Morgan fingerprint density at radius 1 is 1.34 bits per heavy atom. The first-order valence-corrected chi connectivity index (χ1v) is 11.2. The maximum Gasteiger partial charge on any atom is 0.222 e. The van der Waals surface area contributed by atoms with E-state index in [-0.39, 0.29) is 30.5 Å². The van der Waals surface area contributed by atoms with Gasteiger partial charge >= 0.3 is 0 Å². The van der Waals surface area contributed by atoms with Crippen molar-refractivity contribution in [3.63, 3.8) is 0 Å². The molecule has 2 bridgehead atoms. The lowest BCUT2D eigenvalue weighted by Gasteiger charge is -2.42. The predicted octanol–water partition coefficient (Wildman–Crippen LogP) is 2.94. The first kappa shape index (κ1) is 22.1. The van der Waals surface area contributed by atoms with Crippen LogP contribution in [0.1, 0.15) is 43.2 Å². The van der Waals surface area contributed by atoms with Crippen LogP contribution in [0.3, 0.4) is 0 Å². The Labute approximate surface area is 189 Å². The fourth-order valence-electron chi connectivity index (χ4n) is 5.11. The molecular weight excluding hydrogens is 404 g/mol. The number of aliphatic hydroxyl groups excluding tert-OH is 1. The number of pyridine rings is 1. The third-order valence-corrected chi connectivity index (χ3v) is 6.88. The zero-order valence-corrected chi connectivity index (χ0v) is 18.6. The van der Waals surface area contributed by atoms with E-state index in [4.69, 9.17) is 10.00 Å². The van der Waals surface area contributed by atoms with Crippen LogP contribution in [0.4, 0.5) is 5.82 Å². The van der Waals surface area contributed by atoms with E-state index < -0.39 is 0 Å². The molecule has 0 spiro atoms. The van der Waals surface area contributed by atoms with Gasteiger partial charge in [0.15, 0.2) is 0 Å². The Morgan fingerprint density at radius 2 is 2.19 bits per heavy atom. The minimum Gasteiger partial charge on any atom is -0.497 e. The summed E-state index contributed by atoms with van der Waals surface area (Å²) >= 11 is 0. The van der Waals surface area contributed by atoms with E-state index in [1.165, 1.54) is 0 Å². The second-order valence-corrected chi connectivity index (χ2v) is 8.85. The molecule has 2 unspecified atom stereocenters. The number of aliphatic hydroxyl groups is 1. The molecule has 1 aromatic heterocycles. The second kappa shape index (κ2) is 9.58. The van der Waals surface area contributed by atoms with Gasteiger partial charge in [-0.1, -0.05) is 19.1 Å². The average molecular weight is 435 g/mol. The molecule has 0 saturated carbocycles. The summed E-state index contributed by atoms with van der Waals surface area (Å²) in [5.41, 5.74) is 1.54. The summed E-state index contributed by atoms with van der Waals surface area (Å²) in [6.07, 6.45) is 3.65. The van der Waals surface area contributed by atoms with Crippen molar-refractivity contribution in [2.75, 3.05) is 31.7 Å². The highest BCUT2D eigenvalue weighted by atomic mass is 16.5. The summed E-state index contributed by atoms with van der Waals surface area (Å²) in [6.45, 7) is 3.60. The van der Waals surface area contributed by atoms with Crippen LogP contribution in [0.15, 0.2) is 42.6 Å². The quantitative estimate of drug-likeness (QED) is 0.721. The fraction of sp³-hybridized carbons (Fsp3) is 0.480. The molecule has 4 rings (SSSR count). The average Bonchev–Trinajstić information content (AvgIpc) is 3.03. The topological polar surface area (TPSA) is 89.7 Å². The van der Waals surface area contributed by atoms with Crippen LogP contribution in [0, 0.1) is 17.2 Å². The Hall–Kier alpha value is -3.11. The summed E-state index contributed by atoms with van der Waals surface area (Å²) < 4.78 is 5.29. The van der Waals surface area contributed by atoms with Crippen LogP contribution in [0.2, 0.25) is 0 Å². The first-order valence-electron chi connectivity index (χ1n) is 11.2. The summed E-state index contributed by atoms with van der Waals surface area (Å²) in [6, 6.07) is 14.0. The molecule has 2 fully saturated rings. The first-order chi connectivity index (χ1) is 15.5. The van der Waals surface area contributed by atoms with Crippen LogP contribution in [0.25, 0.3) is 0 Å². The molecule has 1 aromatic carbocycles. The van der Waals surface area contributed by atoms with Gasteiger partial charge in [-0.05, 0) is 48.6 Å². The number of amides is 1. The fourth-order valence-corrected chi connectivity index (χ4v) is 5.11. The number of ether oxygens (including phenoxy) is 1. The van der Waals surface area contributed by atoms with Gasteiger partial charge in [-0.25, -0.2) is 4.98 Å². The van der Waals surface area contributed by atoms with Crippen molar-refractivity contribution in [3.05, 3.63) is 53.7 Å². The molecule has 1 N–H and O–H groups in total. The van der Waals surface area contributed by atoms with E-state index in [2.05, 4.69) is 22.9 Å². The number of fused-ring (bicyclic) bond motifs is 2. The Balaban J connectivity index is 1.40. The lowest BCUT2D eigenvalue weighted by molar-refractivity contribution is -0.132. The standard InChI is InChI=1S/C25H30N4O3/c1-17-10-21-14-28(15-23(17)29(21)24-8-6-18(12-26)13-27-24)25(31)9-7-20(16-30)19-4-3-5-22(11-19)32-2/h3-6,8,11,13,17,20-21,23,30H,7,9-10,14-16H2,1-2H3/t17-,20-,21?,23?/m0/s1. The number of nitriles is 1. The van der Waals surface area contributed by atoms with Gasteiger partial charge in [-0.15, -0.1) is 0 Å². The molecule has 2 saturated heterocycles.